The van der Waals surface area contributed by atoms with Crippen molar-refractivity contribution in [1.29, 1.82) is 0 Å². The Kier molecular flexibility index (Phi) is 6.61. The minimum absolute atomic E-state index is 0.355. The molecule has 2 rings (SSSR count). The quantitative estimate of drug-likeness (QED) is 0.528. The lowest BCUT2D eigenvalue weighted by atomic mass is 9.74. The van der Waals surface area contributed by atoms with Crippen LogP contribution in [0, 0.1) is 11.8 Å². The molecule has 2 atom stereocenters. The van der Waals surface area contributed by atoms with Crippen molar-refractivity contribution in [2.45, 2.75) is 91.1 Å². The normalized spacial score (nSPS) is 28.1. The molecule has 0 aromatic carbocycles. The minimum atomic E-state index is 0.355. The van der Waals surface area contributed by atoms with E-state index in [0.717, 1.165) is 18.4 Å². The Balaban J connectivity index is 1.76. The summed E-state index contributed by atoms with van der Waals surface area (Å²) in [7, 11) is 0. The van der Waals surface area contributed by atoms with Crippen LogP contribution in [0.4, 0.5) is 0 Å². The number of hydrogen-bond acceptors (Lipinski definition) is 1. The highest BCUT2D eigenvalue weighted by Gasteiger charge is 2.27. The Bertz CT molecular complexity index is 310. The van der Waals surface area contributed by atoms with E-state index in [4.69, 9.17) is 4.74 Å². The van der Waals surface area contributed by atoms with Gasteiger partial charge in [0.1, 0.15) is 0 Å². The van der Waals surface area contributed by atoms with Gasteiger partial charge in [0, 0.05) is 6.61 Å². The maximum atomic E-state index is 6.19. The van der Waals surface area contributed by atoms with Gasteiger partial charge >= 0.3 is 0 Å². The van der Waals surface area contributed by atoms with E-state index in [1.54, 1.807) is 11.1 Å². The van der Waals surface area contributed by atoms with E-state index in [2.05, 4.69) is 20.8 Å². The first kappa shape index (κ1) is 16.1. The highest BCUT2D eigenvalue weighted by Crippen LogP contribution is 2.40. The van der Waals surface area contributed by atoms with Gasteiger partial charge in [0.25, 0.3) is 0 Å². The standard InChI is InChI=1S/C19H34O/c1-4-17-11-12-19(17)18(5-2)15(3)20-14-13-16-9-7-6-8-10-16/h15-17H,4-14H2,1-3H3. The molecule has 1 heteroatoms. The highest BCUT2D eigenvalue weighted by atomic mass is 16.5. The smallest absolute Gasteiger partial charge is 0.0759 e. The number of rotatable bonds is 7. The van der Waals surface area contributed by atoms with Gasteiger partial charge in [0.2, 0.25) is 0 Å². The zero-order valence-corrected chi connectivity index (χ0v) is 13.9. The molecule has 2 aliphatic rings. The van der Waals surface area contributed by atoms with Crippen molar-refractivity contribution in [1.82, 2.24) is 0 Å². The highest BCUT2D eigenvalue weighted by molar-refractivity contribution is 5.25. The van der Waals surface area contributed by atoms with E-state index in [9.17, 15) is 0 Å². The molecule has 2 aliphatic carbocycles. The van der Waals surface area contributed by atoms with Gasteiger partial charge in [-0.1, -0.05) is 51.5 Å². The summed E-state index contributed by atoms with van der Waals surface area (Å²) < 4.78 is 6.19. The second kappa shape index (κ2) is 8.22. The molecule has 2 fully saturated rings. The van der Waals surface area contributed by atoms with Gasteiger partial charge in [-0.2, -0.15) is 0 Å². The van der Waals surface area contributed by atoms with E-state index in [0.29, 0.717) is 6.10 Å². The molecule has 20 heavy (non-hydrogen) atoms. The Labute approximate surface area is 126 Å². The summed E-state index contributed by atoms with van der Waals surface area (Å²) in [6.07, 6.45) is 14.1. The van der Waals surface area contributed by atoms with Crippen LogP contribution in [-0.4, -0.2) is 12.7 Å². The molecule has 1 nitrogen and oxygen atoms in total. The first-order valence-electron chi connectivity index (χ1n) is 9.09. The van der Waals surface area contributed by atoms with Crippen molar-refractivity contribution >= 4 is 0 Å². The third-order valence-corrected chi connectivity index (χ3v) is 5.65. The van der Waals surface area contributed by atoms with Crippen LogP contribution in [0.25, 0.3) is 0 Å². The summed E-state index contributed by atoms with van der Waals surface area (Å²) in [5.74, 6) is 1.81. The third kappa shape index (κ3) is 4.10. The van der Waals surface area contributed by atoms with E-state index >= 15 is 0 Å². The maximum absolute atomic E-state index is 6.19. The average Bonchev–Trinajstić information content (AvgIpc) is 2.44. The summed E-state index contributed by atoms with van der Waals surface area (Å²) in [6.45, 7) is 7.87. The lowest BCUT2D eigenvalue weighted by molar-refractivity contribution is 0.0709. The second-order valence-electron chi connectivity index (χ2n) is 6.85. The molecule has 2 unspecified atom stereocenters. The van der Waals surface area contributed by atoms with Crippen LogP contribution in [0.2, 0.25) is 0 Å². The molecule has 0 spiro atoms. The SMILES string of the molecule is CCC(=C1CCC1CC)C(C)OCCC1CCCCC1. The lowest BCUT2D eigenvalue weighted by Crippen LogP contribution is -2.23. The summed E-state index contributed by atoms with van der Waals surface area (Å²) in [5, 5.41) is 0. The van der Waals surface area contributed by atoms with Crippen LogP contribution in [0.5, 0.6) is 0 Å². The van der Waals surface area contributed by atoms with Crippen molar-refractivity contribution in [2.24, 2.45) is 11.8 Å². The fraction of sp³-hybridized carbons (Fsp3) is 0.895. The molecule has 0 aromatic heterocycles. The topological polar surface area (TPSA) is 9.23 Å². The van der Waals surface area contributed by atoms with Crippen molar-refractivity contribution < 1.29 is 4.74 Å². The maximum Gasteiger partial charge on any atom is 0.0759 e. The first-order valence-corrected chi connectivity index (χ1v) is 9.09. The Morgan fingerprint density at radius 1 is 1.15 bits per heavy atom. The van der Waals surface area contributed by atoms with E-state index in [1.165, 1.54) is 64.2 Å². The first-order chi connectivity index (χ1) is 9.76. The van der Waals surface area contributed by atoms with Gasteiger partial charge in [-0.3, -0.25) is 0 Å². The number of allylic oxidation sites excluding steroid dienone is 1. The molecular weight excluding hydrogens is 244 g/mol. The fourth-order valence-corrected chi connectivity index (χ4v) is 4.13. The minimum Gasteiger partial charge on any atom is -0.374 e. The average molecular weight is 278 g/mol. The van der Waals surface area contributed by atoms with Crippen molar-refractivity contribution in [3.8, 4) is 0 Å². The Morgan fingerprint density at radius 3 is 2.45 bits per heavy atom. The molecule has 0 aliphatic heterocycles. The number of ether oxygens (including phenoxy) is 1. The number of hydrogen-bond donors (Lipinski definition) is 0. The van der Waals surface area contributed by atoms with Crippen molar-refractivity contribution in [2.75, 3.05) is 6.61 Å². The van der Waals surface area contributed by atoms with Crippen LogP contribution >= 0.6 is 0 Å². The summed E-state index contributed by atoms with van der Waals surface area (Å²) >= 11 is 0. The molecule has 0 amide bonds. The zero-order chi connectivity index (χ0) is 14.4. The largest absolute Gasteiger partial charge is 0.374 e. The van der Waals surface area contributed by atoms with E-state index < -0.39 is 0 Å². The van der Waals surface area contributed by atoms with E-state index in [-0.39, 0.29) is 0 Å². The zero-order valence-electron chi connectivity index (χ0n) is 13.9. The van der Waals surface area contributed by atoms with Crippen LogP contribution in [0.3, 0.4) is 0 Å². The Morgan fingerprint density at radius 2 is 1.90 bits per heavy atom. The van der Waals surface area contributed by atoms with Crippen LogP contribution < -0.4 is 0 Å². The van der Waals surface area contributed by atoms with Crippen LogP contribution in [-0.2, 0) is 4.74 Å². The molecule has 0 radical (unpaired) electrons. The molecule has 0 bridgehead atoms. The van der Waals surface area contributed by atoms with Gasteiger partial charge in [0.05, 0.1) is 6.10 Å². The second-order valence-corrected chi connectivity index (χ2v) is 6.85. The molecular formula is C19H34O. The van der Waals surface area contributed by atoms with Crippen molar-refractivity contribution in [3.05, 3.63) is 11.1 Å². The summed E-state index contributed by atoms with van der Waals surface area (Å²) in [4.78, 5) is 0. The Hall–Kier alpha value is -0.300. The lowest BCUT2D eigenvalue weighted by Gasteiger charge is -2.34. The monoisotopic (exact) mass is 278 g/mol. The molecule has 0 heterocycles. The van der Waals surface area contributed by atoms with Gasteiger partial charge in [-0.05, 0) is 56.4 Å². The van der Waals surface area contributed by atoms with Gasteiger partial charge in [-0.25, -0.2) is 0 Å². The molecule has 0 saturated heterocycles. The van der Waals surface area contributed by atoms with Crippen LogP contribution in [0.15, 0.2) is 11.1 Å². The third-order valence-electron chi connectivity index (χ3n) is 5.65. The predicted octanol–water partition coefficient (Wildman–Crippen LogP) is 5.89. The molecule has 0 N–H and O–H groups in total. The fourth-order valence-electron chi connectivity index (χ4n) is 4.13. The predicted molar refractivity (Wildman–Crippen MR) is 86.9 cm³/mol. The van der Waals surface area contributed by atoms with Crippen LogP contribution in [0.1, 0.15) is 85.0 Å². The molecule has 0 aromatic rings. The van der Waals surface area contributed by atoms with Gasteiger partial charge < -0.3 is 4.74 Å². The van der Waals surface area contributed by atoms with E-state index in [1.807, 2.05) is 0 Å². The molecule has 116 valence electrons. The van der Waals surface area contributed by atoms with Crippen molar-refractivity contribution in [3.63, 3.8) is 0 Å². The summed E-state index contributed by atoms with van der Waals surface area (Å²) in [6, 6.07) is 0. The van der Waals surface area contributed by atoms with Gasteiger partial charge in [-0.15, -0.1) is 0 Å². The summed E-state index contributed by atoms with van der Waals surface area (Å²) in [5.41, 5.74) is 3.35. The van der Waals surface area contributed by atoms with Gasteiger partial charge in [0.15, 0.2) is 0 Å². The molecule has 2 saturated carbocycles.